The monoisotopic (exact) mass is 385 g/mol. The summed E-state index contributed by atoms with van der Waals surface area (Å²) in [6.07, 6.45) is 4.12. The Balaban J connectivity index is 1.54. The number of pyridine rings is 1. The number of methoxy groups -OCH3 is 1. The van der Waals surface area contributed by atoms with Gasteiger partial charge in [-0.2, -0.15) is 5.26 Å². The molecule has 2 aliphatic rings. The number of nitriles is 1. The van der Waals surface area contributed by atoms with Crippen LogP contribution in [0.1, 0.15) is 36.9 Å². The second-order valence-electron chi connectivity index (χ2n) is 7.77. The molecule has 1 N–H and O–H groups in total. The summed E-state index contributed by atoms with van der Waals surface area (Å²) in [5.74, 6) is 1.05. The molecule has 7 nitrogen and oxygen atoms in total. The van der Waals surface area contributed by atoms with E-state index in [4.69, 9.17) is 4.74 Å². The van der Waals surface area contributed by atoms with E-state index in [1.54, 1.807) is 7.11 Å². The number of nitrogens with zero attached hydrogens (tertiary/aromatic N) is 4. The van der Waals surface area contributed by atoms with Crippen LogP contribution in [-0.2, 0) is 9.53 Å². The zero-order valence-corrected chi connectivity index (χ0v) is 17.0. The molecule has 152 valence electrons. The van der Waals surface area contributed by atoms with Crippen LogP contribution in [-0.4, -0.2) is 68.3 Å². The molecule has 3 rings (SSSR count). The molecule has 2 aliphatic heterocycles. The molecule has 0 spiro atoms. The van der Waals surface area contributed by atoms with Gasteiger partial charge in [0, 0.05) is 45.0 Å². The Morgan fingerprint density at radius 1 is 1.32 bits per heavy atom. The summed E-state index contributed by atoms with van der Waals surface area (Å²) in [6.45, 7) is 6.80. The summed E-state index contributed by atoms with van der Waals surface area (Å²) in [7, 11) is 1.65. The lowest BCUT2D eigenvalue weighted by molar-refractivity contribution is -0.127. The maximum Gasteiger partial charge on any atom is 0.224 e. The van der Waals surface area contributed by atoms with E-state index in [9.17, 15) is 10.1 Å². The minimum Gasteiger partial charge on any atom is -0.383 e. The summed E-state index contributed by atoms with van der Waals surface area (Å²) in [5.41, 5.74) is 1.59. The number of aryl methyl sites for hydroxylation is 1. The molecule has 0 radical (unpaired) electrons. The Bertz CT molecular complexity index is 709. The first kappa shape index (κ1) is 20.6. The molecule has 3 heterocycles. The molecule has 0 bridgehead atoms. The van der Waals surface area contributed by atoms with Crippen molar-refractivity contribution in [3.8, 4) is 6.07 Å². The summed E-state index contributed by atoms with van der Waals surface area (Å²) >= 11 is 0. The number of aromatic nitrogens is 1. The number of nitrogens with one attached hydrogen (secondary N) is 1. The van der Waals surface area contributed by atoms with Crippen molar-refractivity contribution in [3.05, 3.63) is 23.4 Å². The predicted octanol–water partition coefficient (Wildman–Crippen LogP) is 1.71. The molecule has 2 saturated heterocycles. The third-order valence-corrected chi connectivity index (χ3v) is 5.84. The molecule has 2 fully saturated rings. The smallest absolute Gasteiger partial charge is 0.224 e. The van der Waals surface area contributed by atoms with Gasteiger partial charge in [0.1, 0.15) is 11.9 Å². The second kappa shape index (κ2) is 9.85. The number of carbonyl (C=O) groups excluding carboxylic acids is 1. The van der Waals surface area contributed by atoms with Gasteiger partial charge in [-0.15, -0.1) is 0 Å². The highest BCUT2D eigenvalue weighted by molar-refractivity contribution is 5.78. The first-order valence-corrected chi connectivity index (χ1v) is 10.3. The van der Waals surface area contributed by atoms with Gasteiger partial charge in [-0.1, -0.05) is 0 Å². The SMILES string of the molecule is COCCNC(=O)[C@@H]1CCCN(C2CCN(c3nc(C)ccc3C#N)CC2)C1. The second-order valence-corrected chi connectivity index (χ2v) is 7.77. The highest BCUT2D eigenvalue weighted by Crippen LogP contribution is 2.27. The van der Waals surface area contributed by atoms with Crippen molar-refractivity contribution in [2.75, 3.05) is 51.3 Å². The van der Waals surface area contributed by atoms with Gasteiger partial charge in [0.05, 0.1) is 18.1 Å². The normalized spacial score (nSPS) is 21.3. The zero-order chi connectivity index (χ0) is 19.9. The minimum absolute atomic E-state index is 0.0762. The third kappa shape index (κ3) is 5.00. The fourth-order valence-corrected chi connectivity index (χ4v) is 4.29. The van der Waals surface area contributed by atoms with Gasteiger partial charge in [0.2, 0.25) is 5.91 Å². The van der Waals surface area contributed by atoms with Gasteiger partial charge in [-0.3, -0.25) is 9.69 Å². The van der Waals surface area contributed by atoms with Crippen molar-refractivity contribution < 1.29 is 9.53 Å². The van der Waals surface area contributed by atoms with Gasteiger partial charge >= 0.3 is 0 Å². The number of ether oxygens (including phenoxy) is 1. The average molecular weight is 386 g/mol. The Morgan fingerprint density at radius 3 is 2.82 bits per heavy atom. The van der Waals surface area contributed by atoms with Gasteiger partial charge in [0.15, 0.2) is 0 Å². The number of rotatable bonds is 6. The van der Waals surface area contributed by atoms with E-state index >= 15 is 0 Å². The van der Waals surface area contributed by atoms with Crippen LogP contribution in [0.25, 0.3) is 0 Å². The number of carbonyl (C=O) groups is 1. The lowest BCUT2D eigenvalue weighted by atomic mass is 9.93. The molecular weight excluding hydrogens is 354 g/mol. The standard InChI is InChI=1S/C21H31N5O2/c1-16-5-6-17(14-22)20(24-16)25-11-7-19(8-12-25)26-10-3-4-18(15-26)21(27)23-9-13-28-2/h5-6,18-19H,3-4,7-13,15H2,1-2H3,(H,23,27)/t18-/m1/s1. The van der Waals surface area contributed by atoms with Crippen LogP contribution in [0.5, 0.6) is 0 Å². The van der Waals surface area contributed by atoms with Crippen molar-refractivity contribution >= 4 is 11.7 Å². The highest BCUT2D eigenvalue weighted by Gasteiger charge is 2.32. The van der Waals surface area contributed by atoms with E-state index in [0.717, 1.165) is 63.4 Å². The molecule has 1 atom stereocenters. The van der Waals surface area contributed by atoms with Crippen molar-refractivity contribution in [2.24, 2.45) is 5.92 Å². The van der Waals surface area contributed by atoms with Crippen LogP contribution in [0.2, 0.25) is 0 Å². The number of likely N-dealkylation sites (tertiary alicyclic amines) is 1. The Hall–Kier alpha value is -2.17. The molecule has 7 heteroatoms. The maximum absolute atomic E-state index is 12.4. The number of hydrogen-bond donors (Lipinski definition) is 1. The van der Waals surface area contributed by atoms with E-state index in [0.29, 0.717) is 24.8 Å². The van der Waals surface area contributed by atoms with E-state index in [-0.39, 0.29) is 11.8 Å². The van der Waals surface area contributed by atoms with Gasteiger partial charge in [-0.25, -0.2) is 4.98 Å². The van der Waals surface area contributed by atoms with E-state index in [2.05, 4.69) is 26.2 Å². The quantitative estimate of drug-likeness (QED) is 0.751. The fraction of sp³-hybridized carbons (Fsp3) is 0.667. The number of piperidine rings is 2. The van der Waals surface area contributed by atoms with Gasteiger partial charge in [-0.05, 0) is 51.3 Å². The molecule has 0 unspecified atom stereocenters. The Morgan fingerprint density at radius 2 is 2.11 bits per heavy atom. The first-order valence-electron chi connectivity index (χ1n) is 10.3. The molecule has 1 aromatic heterocycles. The first-order chi connectivity index (χ1) is 13.6. The van der Waals surface area contributed by atoms with E-state index < -0.39 is 0 Å². The predicted molar refractivity (Wildman–Crippen MR) is 108 cm³/mol. The molecule has 0 saturated carbocycles. The van der Waals surface area contributed by atoms with Crippen molar-refractivity contribution in [3.63, 3.8) is 0 Å². The number of hydrogen-bond acceptors (Lipinski definition) is 6. The van der Waals surface area contributed by atoms with Gasteiger partial charge < -0.3 is 15.0 Å². The van der Waals surface area contributed by atoms with Crippen LogP contribution in [0.3, 0.4) is 0 Å². The Labute approximate surface area is 167 Å². The largest absolute Gasteiger partial charge is 0.383 e. The van der Waals surface area contributed by atoms with E-state index in [1.165, 1.54) is 0 Å². The fourth-order valence-electron chi connectivity index (χ4n) is 4.29. The summed E-state index contributed by atoms with van der Waals surface area (Å²) in [4.78, 5) is 21.7. The third-order valence-electron chi connectivity index (χ3n) is 5.84. The zero-order valence-electron chi connectivity index (χ0n) is 17.0. The summed E-state index contributed by atoms with van der Waals surface area (Å²) in [6, 6.07) is 6.52. The van der Waals surface area contributed by atoms with Crippen LogP contribution in [0.4, 0.5) is 5.82 Å². The minimum atomic E-state index is 0.0762. The molecule has 1 aromatic rings. The molecular formula is C21H31N5O2. The lowest BCUT2D eigenvalue weighted by Gasteiger charge is -2.42. The van der Waals surface area contributed by atoms with Crippen LogP contribution in [0, 0.1) is 24.2 Å². The lowest BCUT2D eigenvalue weighted by Crippen LogP contribution is -2.51. The van der Waals surface area contributed by atoms with Gasteiger partial charge in [0.25, 0.3) is 0 Å². The molecule has 1 amide bonds. The number of amides is 1. The highest BCUT2D eigenvalue weighted by atomic mass is 16.5. The Kier molecular flexibility index (Phi) is 7.24. The van der Waals surface area contributed by atoms with Crippen molar-refractivity contribution in [1.82, 2.24) is 15.2 Å². The topological polar surface area (TPSA) is 81.5 Å². The summed E-state index contributed by atoms with van der Waals surface area (Å²) < 4.78 is 5.01. The van der Waals surface area contributed by atoms with Crippen LogP contribution >= 0.6 is 0 Å². The van der Waals surface area contributed by atoms with Crippen molar-refractivity contribution in [2.45, 2.75) is 38.6 Å². The maximum atomic E-state index is 12.4. The summed E-state index contributed by atoms with van der Waals surface area (Å²) in [5, 5.41) is 12.4. The molecule has 0 aliphatic carbocycles. The molecule has 28 heavy (non-hydrogen) atoms. The number of anilines is 1. The molecule has 0 aromatic carbocycles. The van der Waals surface area contributed by atoms with Crippen LogP contribution in [0.15, 0.2) is 12.1 Å². The van der Waals surface area contributed by atoms with Crippen LogP contribution < -0.4 is 10.2 Å². The van der Waals surface area contributed by atoms with E-state index in [1.807, 2.05) is 19.1 Å². The van der Waals surface area contributed by atoms with Crippen molar-refractivity contribution in [1.29, 1.82) is 5.26 Å². The average Bonchev–Trinajstić information content (AvgIpc) is 2.74.